The lowest BCUT2D eigenvalue weighted by molar-refractivity contribution is -0.137. The molecule has 0 bridgehead atoms. The van der Waals surface area contributed by atoms with Gasteiger partial charge in [-0.15, -0.1) is 0 Å². The van der Waals surface area contributed by atoms with E-state index >= 15 is 0 Å². The summed E-state index contributed by atoms with van der Waals surface area (Å²) in [6, 6.07) is 4.67. The summed E-state index contributed by atoms with van der Waals surface area (Å²) in [5, 5.41) is 3.20. The van der Waals surface area contributed by atoms with Crippen molar-refractivity contribution < 1.29 is 18.0 Å². The molecule has 0 aliphatic carbocycles. The molecule has 21 heavy (non-hydrogen) atoms. The van der Waals surface area contributed by atoms with Crippen LogP contribution in [0.5, 0.6) is 0 Å². The van der Waals surface area contributed by atoms with Crippen LogP contribution in [0.4, 0.5) is 18.9 Å². The predicted molar refractivity (Wildman–Crippen MR) is 75.1 cm³/mol. The number of hydrogen-bond acceptors (Lipinski definition) is 2. The van der Waals surface area contributed by atoms with Crippen LogP contribution in [-0.2, 0) is 11.0 Å². The summed E-state index contributed by atoms with van der Waals surface area (Å²) in [5.41, 5.74) is -0.184. The molecule has 0 saturated carbocycles. The number of halogens is 3. The van der Waals surface area contributed by atoms with Crippen LogP contribution in [0, 0.1) is 0 Å². The van der Waals surface area contributed by atoms with Crippen molar-refractivity contribution in [3.05, 3.63) is 29.8 Å². The van der Waals surface area contributed by atoms with E-state index in [0.717, 1.165) is 25.0 Å². The fraction of sp³-hybridized carbons (Fsp3) is 0.533. The fourth-order valence-electron chi connectivity index (χ4n) is 2.52. The summed E-state index contributed by atoms with van der Waals surface area (Å²) in [7, 11) is 0. The van der Waals surface area contributed by atoms with Gasteiger partial charge in [0.05, 0.1) is 11.6 Å². The maximum Gasteiger partial charge on any atom is 0.416 e. The van der Waals surface area contributed by atoms with Gasteiger partial charge in [0.25, 0.3) is 0 Å². The molecule has 1 fully saturated rings. The molecular formula is C15H19F3N2O. The molecule has 1 aromatic carbocycles. The van der Waals surface area contributed by atoms with Crippen LogP contribution in [-0.4, -0.2) is 24.5 Å². The van der Waals surface area contributed by atoms with Gasteiger partial charge in [-0.3, -0.25) is 4.79 Å². The fourth-order valence-corrected chi connectivity index (χ4v) is 2.52. The van der Waals surface area contributed by atoms with Gasteiger partial charge in [0.2, 0.25) is 5.91 Å². The van der Waals surface area contributed by atoms with Gasteiger partial charge < -0.3 is 10.2 Å². The summed E-state index contributed by atoms with van der Waals surface area (Å²) in [4.78, 5) is 13.9. The third-order valence-corrected chi connectivity index (χ3v) is 3.48. The number of piperidine rings is 1. The van der Waals surface area contributed by atoms with Crippen molar-refractivity contribution in [3.8, 4) is 0 Å². The Balaban J connectivity index is 2.15. The number of hydrogen-bond donors (Lipinski definition) is 1. The molecule has 0 spiro atoms. The molecule has 0 radical (unpaired) electrons. The van der Waals surface area contributed by atoms with E-state index in [1.54, 1.807) is 4.90 Å². The lowest BCUT2D eigenvalue weighted by atomic mass is 10.0. The summed E-state index contributed by atoms with van der Waals surface area (Å²) < 4.78 is 37.7. The first-order valence-electron chi connectivity index (χ1n) is 7.03. The first-order valence-corrected chi connectivity index (χ1v) is 7.03. The van der Waals surface area contributed by atoms with Crippen LogP contribution >= 0.6 is 0 Å². The van der Waals surface area contributed by atoms with Crippen LogP contribution in [0.3, 0.4) is 0 Å². The highest BCUT2D eigenvalue weighted by Gasteiger charge is 2.32. The van der Waals surface area contributed by atoms with Crippen molar-refractivity contribution in [3.63, 3.8) is 0 Å². The minimum absolute atomic E-state index is 0.0743. The molecule has 3 nitrogen and oxygen atoms in total. The molecule has 1 aliphatic heterocycles. The van der Waals surface area contributed by atoms with E-state index in [0.29, 0.717) is 12.2 Å². The molecule has 1 aromatic rings. The molecule has 116 valence electrons. The second-order valence-corrected chi connectivity index (χ2v) is 5.55. The molecule has 2 rings (SSSR count). The van der Waals surface area contributed by atoms with Gasteiger partial charge >= 0.3 is 6.18 Å². The molecular weight excluding hydrogens is 281 g/mol. The number of rotatable bonds is 3. The van der Waals surface area contributed by atoms with Gasteiger partial charge in [-0.1, -0.05) is 13.8 Å². The van der Waals surface area contributed by atoms with Gasteiger partial charge in [0.1, 0.15) is 0 Å². The molecule has 6 heteroatoms. The first-order chi connectivity index (χ1) is 9.79. The number of carbonyl (C=O) groups excluding carboxylic acids is 1. The van der Waals surface area contributed by atoms with Gasteiger partial charge in [-0.2, -0.15) is 13.2 Å². The van der Waals surface area contributed by atoms with E-state index in [1.165, 1.54) is 12.1 Å². The Labute approximate surface area is 122 Å². The van der Waals surface area contributed by atoms with Gasteiger partial charge in [-0.25, -0.2) is 0 Å². The summed E-state index contributed by atoms with van der Waals surface area (Å²) in [6.07, 6.45) is -2.77. The third kappa shape index (κ3) is 3.75. The lowest BCUT2D eigenvalue weighted by Gasteiger charge is -2.33. The Morgan fingerprint density at radius 2 is 1.86 bits per heavy atom. The zero-order chi connectivity index (χ0) is 15.6. The Morgan fingerprint density at radius 3 is 2.38 bits per heavy atom. The van der Waals surface area contributed by atoms with E-state index in [9.17, 15) is 18.0 Å². The molecule has 1 unspecified atom stereocenters. The van der Waals surface area contributed by atoms with Gasteiger partial charge in [-0.05, 0) is 37.1 Å². The quantitative estimate of drug-likeness (QED) is 0.929. The predicted octanol–water partition coefficient (Wildman–Crippen LogP) is 3.20. The highest BCUT2D eigenvalue weighted by Crippen LogP contribution is 2.31. The van der Waals surface area contributed by atoms with Crippen LogP contribution in [0.2, 0.25) is 0 Å². The second-order valence-electron chi connectivity index (χ2n) is 5.55. The van der Waals surface area contributed by atoms with E-state index in [2.05, 4.69) is 5.32 Å². The Hall–Kier alpha value is -1.56. The van der Waals surface area contributed by atoms with Crippen LogP contribution < -0.4 is 10.2 Å². The summed E-state index contributed by atoms with van der Waals surface area (Å²) >= 11 is 0. The smallest absolute Gasteiger partial charge is 0.311 e. The van der Waals surface area contributed by atoms with Crippen molar-refractivity contribution >= 4 is 11.6 Å². The minimum atomic E-state index is -4.35. The number of nitrogens with one attached hydrogen (secondary N) is 1. The van der Waals surface area contributed by atoms with Crippen molar-refractivity contribution in [2.45, 2.75) is 44.9 Å². The standard InChI is InChI=1S/C15H19F3N2O/c1-10(2)19-13-4-3-9-20(14(13)21)12-7-5-11(6-8-12)15(16,17)18/h5-8,10,13,19H,3-4,9H2,1-2H3. The average molecular weight is 300 g/mol. The maximum absolute atomic E-state index is 12.6. The number of benzene rings is 1. The SMILES string of the molecule is CC(C)NC1CCCN(c2ccc(C(F)(F)F)cc2)C1=O. The van der Waals surface area contributed by atoms with E-state index in [4.69, 9.17) is 0 Å². The second kappa shape index (κ2) is 6.05. The number of nitrogens with zero attached hydrogens (tertiary/aromatic N) is 1. The van der Waals surface area contributed by atoms with Crippen LogP contribution in [0.25, 0.3) is 0 Å². The normalized spacial score (nSPS) is 20.2. The molecule has 1 heterocycles. The highest BCUT2D eigenvalue weighted by atomic mass is 19.4. The minimum Gasteiger partial charge on any atom is -0.311 e. The van der Waals surface area contributed by atoms with Gasteiger partial charge in [0.15, 0.2) is 0 Å². The van der Waals surface area contributed by atoms with Crippen molar-refractivity contribution in [2.24, 2.45) is 0 Å². The van der Waals surface area contributed by atoms with E-state index in [-0.39, 0.29) is 18.0 Å². The summed E-state index contributed by atoms with van der Waals surface area (Å²) in [6.45, 7) is 4.47. The van der Waals surface area contributed by atoms with Gasteiger partial charge in [0, 0.05) is 18.3 Å². The Kier molecular flexibility index (Phi) is 4.56. The molecule has 0 aromatic heterocycles. The molecule has 1 amide bonds. The lowest BCUT2D eigenvalue weighted by Crippen LogP contribution is -2.52. The largest absolute Gasteiger partial charge is 0.416 e. The monoisotopic (exact) mass is 300 g/mol. The van der Waals surface area contributed by atoms with Crippen molar-refractivity contribution in [1.82, 2.24) is 5.32 Å². The van der Waals surface area contributed by atoms with E-state index in [1.807, 2.05) is 13.8 Å². The molecule has 1 saturated heterocycles. The number of amides is 1. The number of anilines is 1. The average Bonchev–Trinajstić information content (AvgIpc) is 2.40. The molecule has 1 N–H and O–H groups in total. The topological polar surface area (TPSA) is 32.3 Å². The Morgan fingerprint density at radius 1 is 1.24 bits per heavy atom. The first kappa shape index (κ1) is 15.8. The zero-order valence-corrected chi connectivity index (χ0v) is 12.1. The highest BCUT2D eigenvalue weighted by molar-refractivity contribution is 5.97. The van der Waals surface area contributed by atoms with Crippen molar-refractivity contribution in [2.75, 3.05) is 11.4 Å². The Bertz CT molecular complexity index is 497. The molecule has 1 atom stereocenters. The van der Waals surface area contributed by atoms with E-state index < -0.39 is 11.7 Å². The van der Waals surface area contributed by atoms with Crippen LogP contribution in [0.15, 0.2) is 24.3 Å². The van der Waals surface area contributed by atoms with Crippen molar-refractivity contribution in [1.29, 1.82) is 0 Å². The molecule has 1 aliphatic rings. The number of alkyl halides is 3. The number of carbonyl (C=O) groups is 1. The van der Waals surface area contributed by atoms with Crippen LogP contribution in [0.1, 0.15) is 32.3 Å². The summed E-state index contributed by atoms with van der Waals surface area (Å²) in [5.74, 6) is -0.0743. The maximum atomic E-state index is 12.6. The third-order valence-electron chi connectivity index (χ3n) is 3.48. The zero-order valence-electron chi connectivity index (χ0n) is 12.1.